The molecular weight excluding hydrogens is 328 g/mol. The summed E-state index contributed by atoms with van der Waals surface area (Å²) in [6, 6.07) is 8.10. The van der Waals surface area contributed by atoms with E-state index in [4.69, 9.17) is 4.74 Å². The quantitative estimate of drug-likeness (QED) is 0.690. The van der Waals surface area contributed by atoms with Crippen LogP contribution >= 0.6 is 0 Å². The highest BCUT2D eigenvalue weighted by Gasteiger charge is 2.26. The van der Waals surface area contributed by atoms with Gasteiger partial charge in [0.25, 0.3) is 0 Å². The molecular formula is C17H26N2O4S. The van der Waals surface area contributed by atoms with E-state index in [1.807, 2.05) is 6.07 Å². The van der Waals surface area contributed by atoms with Crippen LogP contribution in [0.4, 0.5) is 0 Å². The summed E-state index contributed by atoms with van der Waals surface area (Å²) in [5, 5.41) is 3.30. The van der Waals surface area contributed by atoms with Crippen molar-refractivity contribution in [2.24, 2.45) is 5.92 Å². The van der Waals surface area contributed by atoms with Crippen LogP contribution in [0.25, 0.3) is 0 Å². The van der Waals surface area contributed by atoms with Crippen LogP contribution in [-0.2, 0) is 25.3 Å². The van der Waals surface area contributed by atoms with Gasteiger partial charge in [-0.15, -0.1) is 0 Å². The fourth-order valence-electron chi connectivity index (χ4n) is 2.99. The first kappa shape index (κ1) is 18.9. The second kappa shape index (κ2) is 9.15. The first-order valence-corrected chi connectivity index (χ1v) is 9.98. The maximum Gasteiger partial charge on any atom is 0.323 e. The molecule has 134 valence electrons. The molecule has 0 bridgehead atoms. The van der Waals surface area contributed by atoms with Gasteiger partial charge in [0.15, 0.2) is 0 Å². The van der Waals surface area contributed by atoms with E-state index in [9.17, 15) is 13.2 Å². The Labute approximate surface area is 144 Å². The molecule has 6 nitrogen and oxygen atoms in total. The maximum atomic E-state index is 12.4. The Morgan fingerprint density at radius 1 is 1.29 bits per heavy atom. The van der Waals surface area contributed by atoms with Crippen molar-refractivity contribution in [1.29, 1.82) is 0 Å². The third-order valence-corrected chi connectivity index (χ3v) is 5.69. The van der Waals surface area contributed by atoms with Crippen molar-refractivity contribution in [2.75, 3.05) is 20.2 Å². The van der Waals surface area contributed by atoms with Gasteiger partial charge in [-0.25, -0.2) is 13.1 Å². The molecule has 1 fully saturated rings. The number of piperidine rings is 1. The number of sulfonamides is 1. The molecule has 1 aliphatic rings. The predicted molar refractivity (Wildman–Crippen MR) is 92.8 cm³/mol. The van der Waals surface area contributed by atoms with Gasteiger partial charge >= 0.3 is 5.97 Å². The molecule has 0 saturated carbocycles. The lowest BCUT2D eigenvalue weighted by atomic mass is 9.91. The summed E-state index contributed by atoms with van der Waals surface area (Å²) in [6.07, 6.45) is 3.40. The molecule has 0 amide bonds. The van der Waals surface area contributed by atoms with Crippen LogP contribution in [-0.4, -0.2) is 40.6 Å². The second-order valence-corrected chi connectivity index (χ2v) is 7.96. The first-order valence-electron chi connectivity index (χ1n) is 8.32. The Morgan fingerprint density at radius 3 is 2.58 bits per heavy atom. The van der Waals surface area contributed by atoms with Crippen molar-refractivity contribution >= 4 is 16.0 Å². The van der Waals surface area contributed by atoms with Gasteiger partial charge in [-0.05, 0) is 50.3 Å². The average molecular weight is 354 g/mol. The van der Waals surface area contributed by atoms with Crippen molar-refractivity contribution in [3.63, 3.8) is 0 Å². The largest absolute Gasteiger partial charge is 0.468 e. The summed E-state index contributed by atoms with van der Waals surface area (Å²) < 4.78 is 32.0. The summed E-state index contributed by atoms with van der Waals surface area (Å²) in [5.74, 6) is -0.146. The second-order valence-electron chi connectivity index (χ2n) is 6.21. The van der Waals surface area contributed by atoms with E-state index in [0.717, 1.165) is 32.4 Å². The van der Waals surface area contributed by atoms with Crippen molar-refractivity contribution < 1.29 is 17.9 Å². The van der Waals surface area contributed by atoms with Crippen molar-refractivity contribution in [1.82, 2.24) is 10.0 Å². The van der Waals surface area contributed by atoms with Gasteiger partial charge in [-0.3, -0.25) is 4.79 Å². The molecule has 1 aliphatic heterocycles. The number of methoxy groups -OCH3 is 1. The highest BCUT2D eigenvalue weighted by atomic mass is 32.2. The van der Waals surface area contributed by atoms with E-state index < -0.39 is 22.0 Å². The fourth-order valence-corrected chi connectivity index (χ4v) is 4.35. The lowest BCUT2D eigenvalue weighted by Crippen LogP contribution is -2.42. The number of carbonyl (C=O) groups is 1. The molecule has 1 saturated heterocycles. The molecule has 0 aromatic heterocycles. The zero-order valence-electron chi connectivity index (χ0n) is 14.0. The summed E-state index contributed by atoms with van der Waals surface area (Å²) in [4.78, 5) is 12.0. The van der Waals surface area contributed by atoms with Crippen molar-refractivity contribution in [2.45, 2.75) is 37.5 Å². The minimum atomic E-state index is -3.61. The summed E-state index contributed by atoms with van der Waals surface area (Å²) >= 11 is 0. The smallest absolute Gasteiger partial charge is 0.323 e. The maximum absolute atomic E-state index is 12.4. The normalized spacial score (nSPS) is 17.4. The van der Waals surface area contributed by atoms with Crippen LogP contribution in [0.3, 0.4) is 0 Å². The molecule has 1 aromatic carbocycles. The van der Waals surface area contributed by atoms with Gasteiger partial charge in [-0.2, -0.15) is 0 Å². The Morgan fingerprint density at radius 2 is 1.96 bits per heavy atom. The zero-order chi connectivity index (χ0) is 17.4. The number of carbonyl (C=O) groups excluding carboxylic acids is 1. The van der Waals surface area contributed by atoms with Crippen LogP contribution in [0.2, 0.25) is 0 Å². The minimum Gasteiger partial charge on any atom is -0.468 e. The van der Waals surface area contributed by atoms with Crippen molar-refractivity contribution in [3.05, 3.63) is 35.9 Å². The van der Waals surface area contributed by atoms with Gasteiger partial charge in [0.05, 0.1) is 12.9 Å². The van der Waals surface area contributed by atoms with Gasteiger partial charge < -0.3 is 10.1 Å². The lowest BCUT2D eigenvalue weighted by Gasteiger charge is -2.24. The standard InChI is InChI=1S/C17H26N2O4S/c1-23-17(20)16(8-7-14-9-11-18-12-10-14)19-24(21,22)13-15-5-3-2-4-6-15/h2-6,14,16,18-19H,7-13H2,1H3/t16-/m1/s1. The molecule has 2 N–H and O–H groups in total. The molecule has 24 heavy (non-hydrogen) atoms. The van der Waals surface area contributed by atoms with Crippen LogP contribution < -0.4 is 10.0 Å². The van der Waals surface area contributed by atoms with E-state index in [-0.39, 0.29) is 5.75 Å². The molecule has 1 aromatic rings. The lowest BCUT2D eigenvalue weighted by molar-refractivity contribution is -0.142. The van der Waals surface area contributed by atoms with Gasteiger partial charge in [-0.1, -0.05) is 30.3 Å². The molecule has 1 atom stereocenters. The molecule has 7 heteroatoms. The van der Waals surface area contributed by atoms with E-state index in [1.165, 1.54) is 7.11 Å². The Balaban J connectivity index is 1.95. The highest BCUT2D eigenvalue weighted by Crippen LogP contribution is 2.19. The number of hydrogen-bond donors (Lipinski definition) is 2. The molecule has 1 heterocycles. The van der Waals surface area contributed by atoms with Crippen molar-refractivity contribution in [3.8, 4) is 0 Å². The number of ether oxygens (including phenoxy) is 1. The van der Waals surface area contributed by atoms with E-state index in [1.54, 1.807) is 24.3 Å². The zero-order valence-corrected chi connectivity index (χ0v) is 14.8. The summed E-state index contributed by atoms with van der Waals surface area (Å²) in [7, 11) is -2.32. The van der Waals surface area contributed by atoms with E-state index >= 15 is 0 Å². The third-order valence-electron chi connectivity index (χ3n) is 4.33. The molecule has 2 rings (SSSR count). The van der Waals surface area contributed by atoms with Gasteiger partial charge in [0, 0.05) is 0 Å². The fraction of sp³-hybridized carbons (Fsp3) is 0.588. The SMILES string of the molecule is COC(=O)[C@@H](CCC1CCNCC1)NS(=O)(=O)Cc1ccccc1. The Bertz CT molecular complexity index is 613. The highest BCUT2D eigenvalue weighted by molar-refractivity contribution is 7.88. The number of hydrogen-bond acceptors (Lipinski definition) is 5. The predicted octanol–water partition coefficient (Wildman–Crippen LogP) is 1.43. The molecule has 0 radical (unpaired) electrons. The van der Waals surface area contributed by atoms with Gasteiger partial charge in [0.1, 0.15) is 6.04 Å². The molecule has 0 unspecified atom stereocenters. The van der Waals surface area contributed by atoms with Crippen LogP contribution in [0.1, 0.15) is 31.2 Å². The van der Waals surface area contributed by atoms with E-state index in [0.29, 0.717) is 17.9 Å². The van der Waals surface area contributed by atoms with E-state index in [2.05, 4.69) is 10.0 Å². The first-order chi connectivity index (χ1) is 11.5. The van der Waals surface area contributed by atoms with Crippen LogP contribution in [0, 0.1) is 5.92 Å². The summed E-state index contributed by atoms with van der Waals surface area (Å²) in [5.41, 5.74) is 0.687. The van der Waals surface area contributed by atoms with Crippen LogP contribution in [0.5, 0.6) is 0 Å². The topological polar surface area (TPSA) is 84.5 Å². The monoisotopic (exact) mass is 354 g/mol. The minimum absolute atomic E-state index is 0.144. The molecule has 0 aliphatic carbocycles. The molecule has 0 spiro atoms. The van der Waals surface area contributed by atoms with Gasteiger partial charge in [0.2, 0.25) is 10.0 Å². The number of benzene rings is 1. The Hall–Kier alpha value is -1.44. The number of nitrogens with one attached hydrogen (secondary N) is 2. The Kier molecular flexibility index (Phi) is 7.20. The number of esters is 1. The average Bonchev–Trinajstić information content (AvgIpc) is 2.59. The van der Waals surface area contributed by atoms with Crippen LogP contribution in [0.15, 0.2) is 30.3 Å². The third kappa shape index (κ3) is 6.22. The number of rotatable bonds is 8. The summed E-state index contributed by atoms with van der Waals surface area (Å²) in [6.45, 7) is 1.96.